The molecule has 26 heavy (non-hydrogen) atoms. The molecule has 0 fully saturated rings. The summed E-state index contributed by atoms with van der Waals surface area (Å²) in [6, 6.07) is 8.55. The molecule has 0 atom stereocenters. The number of nitrogens with one attached hydrogen (secondary N) is 2. The first kappa shape index (κ1) is 19.7. The Kier molecular flexibility index (Phi) is 6.97. The Morgan fingerprint density at radius 2 is 1.88 bits per heavy atom. The standard InChI is InChI=1S/C19H24ClN5O/c1-12-7-9-15(10-8-12)6-4-5-11-22-14(3)24-19(26)16-18(21)23-13(2)17(20)25-16/h7-10,22H,3-6,11H2,1-2H3,(H2,21,23)(H,24,26). The van der Waals surface area contributed by atoms with Crippen molar-refractivity contribution in [3.8, 4) is 0 Å². The molecule has 138 valence electrons. The number of aromatic nitrogens is 2. The van der Waals surface area contributed by atoms with Gasteiger partial charge in [0.15, 0.2) is 16.7 Å². The van der Waals surface area contributed by atoms with Crippen molar-refractivity contribution in [1.82, 2.24) is 20.6 Å². The molecule has 1 aromatic heterocycles. The van der Waals surface area contributed by atoms with Crippen LogP contribution in [0.15, 0.2) is 36.7 Å². The smallest absolute Gasteiger partial charge is 0.279 e. The van der Waals surface area contributed by atoms with Crippen LogP contribution in [-0.2, 0) is 6.42 Å². The van der Waals surface area contributed by atoms with E-state index in [1.165, 1.54) is 11.1 Å². The molecule has 6 nitrogen and oxygen atoms in total. The van der Waals surface area contributed by atoms with Crippen molar-refractivity contribution in [1.29, 1.82) is 0 Å². The fourth-order valence-corrected chi connectivity index (χ4v) is 2.50. The number of nitrogens with zero attached hydrogens (tertiary/aromatic N) is 2. The highest BCUT2D eigenvalue weighted by molar-refractivity contribution is 6.30. The monoisotopic (exact) mass is 373 g/mol. The topological polar surface area (TPSA) is 92.9 Å². The molecule has 0 unspecified atom stereocenters. The van der Waals surface area contributed by atoms with E-state index in [0.717, 1.165) is 19.3 Å². The maximum absolute atomic E-state index is 12.2. The van der Waals surface area contributed by atoms with Crippen LogP contribution in [0.25, 0.3) is 0 Å². The van der Waals surface area contributed by atoms with Gasteiger partial charge in [-0.1, -0.05) is 48.0 Å². The van der Waals surface area contributed by atoms with E-state index in [9.17, 15) is 4.79 Å². The first-order valence-corrected chi connectivity index (χ1v) is 8.84. The summed E-state index contributed by atoms with van der Waals surface area (Å²) in [6.07, 6.45) is 3.03. The second-order valence-electron chi connectivity index (χ2n) is 6.14. The van der Waals surface area contributed by atoms with Crippen molar-refractivity contribution in [2.45, 2.75) is 33.1 Å². The third-order valence-corrected chi connectivity index (χ3v) is 4.23. The molecule has 1 amide bonds. The van der Waals surface area contributed by atoms with E-state index in [0.29, 0.717) is 18.1 Å². The minimum Gasteiger partial charge on any atom is -0.382 e. The van der Waals surface area contributed by atoms with Crippen molar-refractivity contribution >= 4 is 23.3 Å². The maximum Gasteiger partial charge on any atom is 0.279 e. The summed E-state index contributed by atoms with van der Waals surface area (Å²) in [6.45, 7) is 8.25. The number of nitrogen functional groups attached to an aromatic ring is 1. The molecule has 1 heterocycles. The molecule has 4 N–H and O–H groups in total. The highest BCUT2D eigenvalue weighted by Crippen LogP contribution is 2.14. The number of carbonyl (C=O) groups excluding carboxylic acids is 1. The minimum absolute atomic E-state index is 0.0112. The van der Waals surface area contributed by atoms with E-state index < -0.39 is 5.91 Å². The van der Waals surface area contributed by atoms with Crippen LogP contribution >= 0.6 is 11.6 Å². The van der Waals surface area contributed by atoms with Crippen LogP contribution in [0.3, 0.4) is 0 Å². The van der Waals surface area contributed by atoms with Gasteiger partial charge in [-0.05, 0) is 38.7 Å². The van der Waals surface area contributed by atoms with E-state index in [1.54, 1.807) is 6.92 Å². The lowest BCUT2D eigenvalue weighted by molar-refractivity contribution is 0.0959. The average Bonchev–Trinajstić information content (AvgIpc) is 2.59. The Labute approximate surface area is 158 Å². The third kappa shape index (κ3) is 5.74. The highest BCUT2D eigenvalue weighted by atomic mass is 35.5. The fourth-order valence-electron chi connectivity index (χ4n) is 2.37. The van der Waals surface area contributed by atoms with Crippen LogP contribution in [0.4, 0.5) is 5.82 Å². The molecule has 0 aliphatic carbocycles. The Morgan fingerprint density at radius 1 is 1.19 bits per heavy atom. The van der Waals surface area contributed by atoms with Gasteiger partial charge in [-0.3, -0.25) is 4.79 Å². The number of nitrogens with two attached hydrogens (primary N) is 1. The van der Waals surface area contributed by atoms with Crippen LogP contribution in [-0.4, -0.2) is 22.4 Å². The average molecular weight is 374 g/mol. The molecule has 0 aliphatic heterocycles. The summed E-state index contributed by atoms with van der Waals surface area (Å²) in [7, 11) is 0. The second kappa shape index (κ2) is 9.20. The van der Waals surface area contributed by atoms with Crippen LogP contribution in [0.5, 0.6) is 0 Å². The van der Waals surface area contributed by atoms with Gasteiger partial charge >= 0.3 is 0 Å². The summed E-state index contributed by atoms with van der Waals surface area (Å²) in [5.41, 5.74) is 8.79. The molecule has 7 heteroatoms. The van der Waals surface area contributed by atoms with Gasteiger partial charge in [-0.25, -0.2) is 9.97 Å². The summed E-state index contributed by atoms with van der Waals surface area (Å²) < 4.78 is 0. The van der Waals surface area contributed by atoms with Gasteiger partial charge in [0.2, 0.25) is 0 Å². The summed E-state index contributed by atoms with van der Waals surface area (Å²) in [5.74, 6) is -0.0624. The number of halogens is 1. The largest absolute Gasteiger partial charge is 0.382 e. The Morgan fingerprint density at radius 3 is 2.58 bits per heavy atom. The molecular formula is C19H24ClN5O. The number of aryl methyl sites for hydroxylation is 3. The quantitative estimate of drug-likeness (QED) is 0.618. The molecule has 0 radical (unpaired) electrons. The zero-order chi connectivity index (χ0) is 19.1. The zero-order valence-electron chi connectivity index (χ0n) is 15.1. The molecular weight excluding hydrogens is 350 g/mol. The molecule has 2 aromatic rings. The molecule has 0 spiro atoms. The number of unbranched alkanes of at least 4 members (excludes halogenated alkanes) is 1. The van der Waals surface area contributed by atoms with Crippen molar-refractivity contribution in [3.63, 3.8) is 0 Å². The molecule has 0 aliphatic rings. The molecule has 0 saturated heterocycles. The van der Waals surface area contributed by atoms with Crippen molar-refractivity contribution in [2.75, 3.05) is 12.3 Å². The van der Waals surface area contributed by atoms with E-state index in [4.69, 9.17) is 17.3 Å². The van der Waals surface area contributed by atoms with Crippen molar-refractivity contribution in [3.05, 3.63) is 64.3 Å². The number of anilines is 1. The van der Waals surface area contributed by atoms with Gasteiger partial charge in [0.25, 0.3) is 5.91 Å². The van der Waals surface area contributed by atoms with Gasteiger partial charge in [-0.2, -0.15) is 0 Å². The Bertz CT molecular complexity index is 789. The normalized spacial score (nSPS) is 10.4. The molecule has 1 aromatic carbocycles. The maximum atomic E-state index is 12.2. The first-order chi connectivity index (χ1) is 12.4. The number of rotatable bonds is 8. The van der Waals surface area contributed by atoms with Crippen molar-refractivity contribution < 1.29 is 4.79 Å². The number of benzene rings is 1. The summed E-state index contributed by atoms with van der Waals surface area (Å²) >= 11 is 5.90. The lowest BCUT2D eigenvalue weighted by atomic mass is 10.1. The van der Waals surface area contributed by atoms with Crippen molar-refractivity contribution in [2.24, 2.45) is 0 Å². The van der Waals surface area contributed by atoms with Crippen LogP contribution in [0.2, 0.25) is 5.15 Å². The number of carbonyl (C=O) groups is 1. The van der Waals surface area contributed by atoms with E-state index in [2.05, 4.69) is 58.4 Å². The Balaban J connectivity index is 1.72. The van der Waals surface area contributed by atoms with Gasteiger partial charge < -0.3 is 16.4 Å². The lowest BCUT2D eigenvalue weighted by Gasteiger charge is -2.12. The predicted octanol–water partition coefficient (Wildman–Crippen LogP) is 3.14. The number of amides is 1. The van der Waals surface area contributed by atoms with Crippen LogP contribution < -0.4 is 16.4 Å². The molecule has 0 saturated carbocycles. The van der Waals surface area contributed by atoms with Gasteiger partial charge in [0.05, 0.1) is 11.5 Å². The van der Waals surface area contributed by atoms with Gasteiger partial charge in [0.1, 0.15) is 0 Å². The highest BCUT2D eigenvalue weighted by Gasteiger charge is 2.15. The Hall–Kier alpha value is -2.60. The van der Waals surface area contributed by atoms with Gasteiger partial charge in [0, 0.05) is 6.54 Å². The van der Waals surface area contributed by atoms with E-state index >= 15 is 0 Å². The lowest BCUT2D eigenvalue weighted by Crippen LogP contribution is -2.32. The third-order valence-electron chi connectivity index (χ3n) is 3.87. The van der Waals surface area contributed by atoms with Crippen LogP contribution in [0, 0.1) is 13.8 Å². The summed E-state index contributed by atoms with van der Waals surface area (Å²) in [4.78, 5) is 20.2. The van der Waals surface area contributed by atoms with Crippen LogP contribution in [0.1, 0.15) is 40.2 Å². The zero-order valence-corrected chi connectivity index (χ0v) is 15.9. The fraction of sp³-hybridized carbons (Fsp3) is 0.316. The van der Waals surface area contributed by atoms with Gasteiger partial charge in [-0.15, -0.1) is 0 Å². The SMILES string of the molecule is C=C(NCCCCc1ccc(C)cc1)NC(=O)c1nc(Cl)c(C)nc1N. The van der Waals surface area contributed by atoms with E-state index in [-0.39, 0.29) is 16.7 Å². The molecule has 0 bridgehead atoms. The predicted molar refractivity (Wildman–Crippen MR) is 105 cm³/mol. The second-order valence-corrected chi connectivity index (χ2v) is 6.49. The molecule has 2 rings (SSSR count). The minimum atomic E-state index is -0.492. The number of hydrogen-bond acceptors (Lipinski definition) is 5. The first-order valence-electron chi connectivity index (χ1n) is 8.46. The van der Waals surface area contributed by atoms with E-state index in [1.807, 2.05) is 0 Å². The summed E-state index contributed by atoms with van der Waals surface area (Å²) in [5, 5.41) is 5.84. The number of hydrogen-bond donors (Lipinski definition) is 3.